The van der Waals surface area contributed by atoms with Gasteiger partial charge in [0, 0.05) is 74.3 Å². The van der Waals surface area contributed by atoms with E-state index in [4.69, 9.17) is 16.2 Å². The quantitative estimate of drug-likeness (QED) is 0.160. The number of anilines is 2. The van der Waals surface area contributed by atoms with Crippen molar-refractivity contribution in [2.45, 2.75) is 50.5 Å². The minimum atomic E-state index is -5.10. The van der Waals surface area contributed by atoms with Gasteiger partial charge in [0.15, 0.2) is 5.82 Å². The Hall–Kier alpha value is -5.15. The summed E-state index contributed by atoms with van der Waals surface area (Å²) in [5, 5.41) is 9.25. The number of benzene rings is 2. The largest absolute Gasteiger partial charge is 0.461 e. The molecule has 1 amide bonds. The van der Waals surface area contributed by atoms with Crippen LogP contribution in [0.5, 0.6) is 6.01 Å². The third-order valence-corrected chi connectivity index (χ3v) is 10.9. The maximum absolute atomic E-state index is 17.1. The van der Waals surface area contributed by atoms with Crippen molar-refractivity contribution in [2.75, 3.05) is 64.1 Å². The van der Waals surface area contributed by atoms with Crippen molar-refractivity contribution in [3.05, 3.63) is 52.7 Å². The summed E-state index contributed by atoms with van der Waals surface area (Å²) in [4.78, 5) is 28.0. The molecule has 0 radical (unpaired) electrons. The molecule has 0 aliphatic carbocycles. The summed E-state index contributed by atoms with van der Waals surface area (Å²) in [7, 11) is 3.38. The van der Waals surface area contributed by atoms with E-state index in [2.05, 4.69) is 15.0 Å². The van der Waals surface area contributed by atoms with Crippen molar-refractivity contribution in [3.63, 3.8) is 0 Å². The van der Waals surface area contributed by atoms with E-state index in [1.807, 2.05) is 11.0 Å². The van der Waals surface area contributed by atoms with Gasteiger partial charge in [0.2, 0.25) is 6.41 Å². The fraction of sp³-hybridized carbons (Fsp3) is 0.432. The predicted molar refractivity (Wildman–Crippen MR) is 200 cm³/mol. The Kier molecular flexibility index (Phi) is 11.2. The highest BCUT2D eigenvalue weighted by atomic mass is 32.1. The van der Waals surface area contributed by atoms with E-state index in [1.54, 1.807) is 32.0 Å². The van der Waals surface area contributed by atoms with Crippen molar-refractivity contribution in [2.24, 2.45) is 10.7 Å². The van der Waals surface area contributed by atoms with Crippen LogP contribution in [0.3, 0.4) is 0 Å². The van der Waals surface area contributed by atoms with E-state index >= 15 is 4.39 Å². The van der Waals surface area contributed by atoms with Gasteiger partial charge in [0.25, 0.3) is 0 Å². The van der Waals surface area contributed by atoms with Gasteiger partial charge in [-0.15, -0.1) is 11.3 Å². The van der Waals surface area contributed by atoms with E-state index in [0.717, 1.165) is 31.0 Å². The van der Waals surface area contributed by atoms with Gasteiger partial charge in [-0.25, -0.2) is 13.2 Å². The number of carbonyl (C=O) groups is 1. The molecule has 55 heavy (non-hydrogen) atoms. The van der Waals surface area contributed by atoms with E-state index < -0.39 is 46.2 Å². The third-order valence-electron chi connectivity index (χ3n) is 9.85. The summed E-state index contributed by atoms with van der Waals surface area (Å²) in [5.41, 5.74) is 9.06. The molecule has 292 valence electrons. The molecule has 2 atom stereocenters. The van der Waals surface area contributed by atoms with Crippen LogP contribution in [0.15, 0.2) is 35.0 Å². The first-order valence-electron chi connectivity index (χ1n) is 17.4. The molecule has 2 aromatic heterocycles. The number of nitrogens with zero attached hydrogens (tertiary/aromatic N) is 7. The van der Waals surface area contributed by atoms with Crippen molar-refractivity contribution in [1.29, 1.82) is 5.26 Å². The lowest BCUT2D eigenvalue weighted by molar-refractivity contribution is -0.137. The van der Waals surface area contributed by atoms with Crippen LogP contribution in [0.1, 0.15) is 43.7 Å². The molecule has 2 aromatic carbocycles. The van der Waals surface area contributed by atoms with Crippen LogP contribution in [-0.2, 0) is 11.0 Å². The number of fused-ring (bicyclic) bond motifs is 3. The number of halogens is 6. The molecule has 3 aliphatic rings. The lowest BCUT2D eigenvalue weighted by Crippen LogP contribution is -2.43. The fourth-order valence-corrected chi connectivity index (χ4v) is 8.44. The number of carbonyl (C=O) groups excluding carboxylic acids is 1. The van der Waals surface area contributed by atoms with Crippen molar-refractivity contribution >= 4 is 55.3 Å². The second kappa shape index (κ2) is 15.5. The summed E-state index contributed by atoms with van der Waals surface area (Å²) in [6.45, 7) is 3.43. The van der Waals surface area contributed by atoms with Crippen LogP contribution in [0, 0.1) is 23.0 Å². The molecule has 2 unspecified atom stereocenters. The Morgan fingerprint density at radius 2 is 1.96 bits per heavy atom. The lowest BCUT2D eigenvalue weighted by Gasteiger charge is -2.31. The number of nitriles is 1. The van der Waals surface area contributed by atoms with Gasteiger partial charge in [-0.2, -0.15) is 28.4 Å². The number of hydrogen-bond acceptors (Lipinski definition) is 11. The molecular formula is C37H39F6N9O2S. The number of ether oxygens (including phenoxy) is 1. The summed E-state index contributed by atoms with van der Waals surface area (Å²) in [5.74, 6) is -2.17. The second-order valence-electron chi connectivity index (χ2n) is 14.0. The molecule has 0 saturated carbocycles. The van der Waals surface area contributed by atoms with Crippen molar-refractivity contribution in [3.8, 4) is 23.2 Å². The number of nitrogen functional groups attached to an aromatic ring is 1. The van der Waals surface area contributed by atoms with Crippen LogP contribution in [-0.4, -0.2) is 97.0 Å². The van der Waals surface area contributed by atoms with Crippen LogP contribution in [0.25, 0.3) is 32.1 Å². The van der Waals surface area contributed by atoms with E-state index in [1.165, 1.54) is 4.90 Å². The zero-order valence-electron chi connectivity index (χ0n) is 30.3. The standard InChI is InChI=1S/C34H32F6N8OS.C3H7NO/c1-17(42)11-19-5-9-47(10-7-44-19)31-21-12-23(34(38,39)40)26(20-3-4-24(36)29-25(20)22(14-41)30(43)50-29)27(37)28(21)45-32(46-31)49-16-33-6-2-8-48(33)15-18(35)13-33;1-4(2)3-5/h3-4,11-12,18H,2,5-10,13,15-16,42-43H2,1H3;3H,1-2H3/b17-11-;. The number of alkyl halides is 4. The first kappa shape index (κ1) is 39.5. The van der Waals surface area contributed by atoms with Gasteiger partial charge in [-0.05, 0) is 50.1 Å². The van der Waals surface area contributed by atoms with Crippen LogP contribution < -0.4 is 21.1 Å². The van der Waals surface area contributed by atoms with Crippen molar-refractivity contribution in [1.82, 2.24) is 19.8 Å². The number of allylic oxidation sites excluding steroid dienone is 2. The molecule has 5 heterocycles. The van der Waals surface area contributed by atoms with Gasteiger partial charge in [-0.1, -0.05) is 6.07 Å². The topological polar surface area (TPSA) is 150 Å². The first-order valence-corrected chi connectivity index (χ1v) is 18.3. The smallest absolute Gasteiger partial charge is 0.417 e. The molecule has 7 rings (SSSR count). The molecule has 4 N–H and O–H groups in total. The Bertz CT molecular complexity index is 2230. The van der Waals surface area contributed by atoms with Gasteiger partial charge < -0.3 is 26.0 Å². The van der Waals surface area contributed by atoms with Crippen LogP contribution in [0.2, 0.25) is 0 Å². The number of aliphatic imine (C=N–C) groups is 1. The molecular weight excluding hydrogens is 749 g/mol. The zero-order valence-corrected chi connectivity index (χ0v) is 31.1. The summed E-state index contributed by atoms with van der Waals surface area (Å²) < 4.78 is 97.3. The normalized spacial score (nSPS) is 20.4. The number of amides is 1. The maximum atomic E-state index is 17.1. The average molecular weight is 788 g/mol. The fourth-order valence-electron chi connectivity index (χ4n) is 7.49. The second-order valence-corrected chi connectivity index (χ2v) is 15.1. The lowest BCUT2D eigenvalue weighted by atomic mass is 9.92. The Balaban J connectivity index is 0.000000967. The number of thiophene rings is 1. The average Bonchev–Trinajstić information content (AvgIpc) is 3.70. The minimum Gasteiger partial charge on any atom is -0.461 e. The molecule has 18 heteroatoms. The maximum Gasteiger partial charge on any atom is 0.417 e. The van der Waals surface area contributed by atoms with E-state index in [0.29, 0.717) is 42.1 Å². The highest BCUT2D eigenvalue weighted by Crippen LogP contribution is 2.48. The van der Waals surface area contributed by atoms with E-state index in [-0.39, 0.29) is 82.6 Å². The number of rotatable bonds is 7. The molecule has 4 aromatic rings. The molecule has 2 fully saturated rings. The molecule has 0 spiro atoms. The number of nitrogens with two attached hydrogens (primary N) is 2. The molecule has 2 saturated heterocycles. The summed E-state index contributed by atoms with van der Waals surface area (Å²) >= 11 is 0.687. The van der Waals surface area contributed by atoms with Gasteiger partial charge >= 0.3 is 12.2 Å². The zero-order chi connectivity index (χ0) is 39.8. The highest BCUT2D eigenvalue weighted by Gasteiger charge is 2.49. The minimum absolute atomic E-state index is 0.000394. The number of hydrogen-bond donors (Lipinski definition) is 2. The van der Waals surface area contributed by atoms with Gasteiger partial charge in [-0.3, -0.25) is 14.7 Å². The SMILES string of the molecule is C/C(N)=C/C1=NCCN(c2nc(OCC34CCCN3CC(F)C4)nc3c(F)c(-c4ccc(F)c5sc(N)c(C#N)c45)c(C(F)(F)F)cc23)CC1.CN(C)C=O. The van der Waals surface area contributed by atoms with Crippen molar-refractivity contribution < 1.29 is 35.9 Å². The third kappa shape index (κ3) is 7.85. The Morgan fingerprint density at radius 3 is 2.64 bits per heavy atom. The van der Waals surface area contributed by atoms with Crippen LogP contribution in [0.4, 0.5) is 37.2 Å². The highest BCUT2D eigenvalue weighted by molar-refractivity contribution is 7.23. The monoisotopic (exact) mass is 787 g/mol. The first-order chi connectivity index (χ1) is 26.1. The van der Waals surface area contributed by atoms with E-state index in [9.17, 15) is 32.0 Å². The number of aromatic nitrogens is 2. The Morgan fingerprint density at radius 1 is 1.22 bits per heavy atom. The molecule has 0 bridgehead atoms. The van der Waals surface area contributed by atoms with Crippen LogP contribution >= 0.6 is 11.3 Å². The summed E-state index contributed by atoms with van der Waals surface area (Å²) in [6, 6.07) is 4.24. The van der Waals surface area contributed by atoms with Gasteiger partial charge in [0.1, 0.15) is 41.0 Å². The summed E-state index contributed by atoms with van der Waals surface area (Å²) in [6.07, 6.45) is -1.53. The van der Waals surface area contributed by atoms with Gasteiger partial charge in [0.05, 0.1) is 27.9 Å². The Labute approximate surface area is 316 Å². The molecule has 11 nitrogen and oxygen atoms in total. The predicted octanol–water partition coefficient (Wildman–Crippen LogP) is 6.44. The molecule has 3 aliphatic heterocycles.